The summed E-state index contributed by atoms with van der Waals surface area (Å²) in [6, 6.07) is 6.55. The van der Waals surface area contributed by atoms with Crippen molar-refractivity contribution in [2.24, 2.45) is 22.2 Å². The van der Waals surface area contributed by atoms with Gasteiger partial charge >= 0.3 is 5.97 Å². The Hall–Kier alpha value is -10.3. The number of aromatic hydroxyl groups is 1. The monoisotopic (exact) mass is 1390 g/mol. The number of phenols is 1. The zero-order valence-corrected chi connectivity index (χ0v) is 55.8. The smallest absolute Gasteiger partial charge is 0.324 e. The van der Waals surface area contributed by atoms with Gasteiger partial charge in [-0.2, -0.15) is 5.48 Å². The van der Waals surface area contributed by atoms with Crippen LogP contribution in [-0.4, -0.2) is 218 Å². The van der Waals surface area contributed by atoms with Crippen LogP contribution >= 0.6 is 0 Å². The number of fused-ring (bicyclic) bond motifs is 2. The lowest BCUT2D eigenvalue weighted by molar-refractivity contribution is -0.152. The molecule has 20 N–H and O–H groups in total. The van der Waals surface area contributed by atoms with Crippen molar-refractivity contribution in [1.82, 2.24) is 62.8 Å². The number of rotatable bonds is 23. The summed E-state index contributed by atoms with van der Waals surface area (Å²) in [7, 11) is 0. The SMILES string of the molecule is CCCC[C@H](NC(=O)[C@@H]1CC(O)CN1C(=O)[C@H](Cc1ccc(O)cc1)NC(=O)[C@H](CO)NC(C)=O)C(=O)N[C@H]1CCC(=O)ONCCCC[C@@H](C(N)=O)NC(=O)[C@H](Cc2c[nH]c3ccccc23)NC(=O)[C@H](CCCN=C(N)N)NC(=O)[C@@H](Cc2ccccc2)NC(=O)[C@@H]2CC(O)CN2C1=O. The minimum atomic E-state index is -1.70. The summed E-state index contributed by atoms with van der Waals surface area (Å²) >= 11 is 0. The molecule has 11 amide bonds. The summed E-state index contributed by atoms with van der Waals surface area (Å²) in [4.78, 5) is 185. The number of phenolic OH excluding ortho intramolecular Hbond substituents is 1. The standard InChI is InChI=1S/C67H92N16O17/c1-3-4-16-47(77-63(96)54-31-43(88)35-83(54)66(99)52(29-39-20-22-41(86)23-21-39)81-62(95)53(36-84)74-37(2)85)58(91)78-49-24-25-56(89)100-73-27-11-10-18-46(57(68)90)75-61(94)51(30-40-33-72-45-17-9-8-15-44(40)45)79-59(92)48(19-12-26-71-67(69)70)76-60(93)50(28-38-13-6-5-7-14-38)80-64(97)55-32-42(87)34-82(55)65(49)98/h5-9,13-15,17,20-23,33,42-43,46-55,72-73,84,86-88H,3-4,10-12,16,18-19,24-32,34-36H2,1-2H3,(H2,68,90)(H,74,85)(H,75,94)(H,76,93)(H,77,96)(H,78,91)(H,79,92)(H,80,97)(H,81,95)(H4,69,70,71)/t42?,43?,46-,47-,48-,49-,50+,51-,52-,53-,54-,55-/m0/s1. The number of amides is 11. The first-order valence-corrected chi connectivity index (χ1v) is 33.4. The molecule has 7 rings (SSSR count). The molecule has 4 aromatic rings. The maximum atomic E-state index is 15.2. The van der Waals surface area contributed by atoms with Gasteiger partial charge in [0.1, 0.15) is 66.2 Å². The number of carbonyl (C=O) groups is 12. The summed E-state index contributed by atoms with van der Waals surface area (Å²) in [6.45, 7) is 1.17. The van der Waals surface area contributed by atoms with Crippen LogP contribution in [0.5, 0.6) is 5.75 Å². The van der Waals surface area contributed by atoms with Gasteiger partial charge in [0.2, 0.25) is 65.0 Å². The number of aromatic nitrogens is 1. The Labute approximate surface area is 576 Å². The third kappa shape index (κ3) is 22.6. The van der Waals surface area contributed by atoms with Crippen LogP contribution in [0.4, 0.5) is 0 Å². The van der Waals surface area contributed by atoms with Crippen LogP contribution in [0.15, 0.2) is 90.1 Å². The summed E-state index contributed by atoms with van der Waals surface area (Å²) in [5.74, 6) is -11.1. The van der Waals surface area contributed by atoms with Gasteiger partial charge in [0, 0.05) is 88.7 Å². The molecule has 0 spiro atoms. The number of aromatic amines is 1. The zero-order valence-electron chi connectivity index (χ0n) is 55.8. The second-order valence-electron chi connectivity index (χ2n) is 25.2. The van der Waals surface area contributed by atoms with Crippen LogP contribution in [0, 0.1) is 0 Å². The highest BCUT2D eigenvalue weighted by Crippen LogP contribution is 2.25. The van der Waals surface area contributed by atoms with Crippen LogP contribution in [-0.2, 0) is 81.6 Å². The molecule has 1 aromatic heterocycles. The largest absolute Gasteiger partial charge is 0.508 e. The molecule has 3 aromatic carbocycles. The van der Waals surface area contributed by atoms with E-state index in [1.807, 2.05) is 18.2 Å². The molecule has 100 heavy (non-hydrogen) atoms. The molecule has 33 nitrogen and oxygen atoms in total. The average molecular weight is 1390 g/mol. The van der Waals surface area contributed by atoms with E-state index in [1.54, 1.807) is 49.5 Å². The van der Waals surface area contributed by atoms with Crippen molar-refractivity contribution in [3.8, 4) is 5.75 Å². The molecule has 0 aliphatic carbocycles. The van der Waals surface area contributed by atoms with Crippen molar-refractivity contribution < 1.29 is 82.8 Å². The number of hydrogen-bond donors (Lipinski definition) is 17. The normalized spacial score (nSPS) is 23.3. The number of primary amides is 1. The number of hydroxylamine groups is 1. The number of likely N-dealkylation sites (tertiary alicyclic amines) is 1. The number of unbranched alkanes of at least 4 members (excludes halogenated alkanes) is 1. The second-order valence-corrected chi connectivity index (χ2v) is 25.2. The third-order valence-corrected chi connectivity index (χ3v) is 17.4. The Morgan fingerprint density at radius 1 is 0.710 bits per heavy atom. The fourth-order valence-electron chi connectivity index (χ4n) is 12.2. The topological polar surface area (TPSA) is 516 Å². The highest BCUT2D eigenvalue weighted by molar-refractivity contribution is 6.00. The molecular formula is C67H92N16O17. The summed E-state index contributed by atoms with van der Waals surface area (Å²) < 4.78 is 0. The fraction of sp³-hybridized carbons (Fsp3) is 0.507. The maximum absolute atomic E-state index is 15.2. The van der Waals surface area contributed by atoms with E-state index in [4.69, 9.17) is 22.0 Å². The fourth-order valence-corrected chi connectivity index (χ4v) is 12.2. The van der Waals surface area contributed by atoms with E-state index in [1.165, 1.54) is 24.3 Å². The average Bonchev–Trinajstić information content (AvgIpc) is 1.63. The number of nitrogens with two attached hydrogens (primary N) is 3. The van der Waals surface area contributed by atoms with E-state index in [9.17, 15) is 73.2 Å². The Morgan fingerprint density at radius 2 is 1.38 bits per heavy atom. The molecule has 33 heteroatoms. The number of nitrogens with zero attached hydrogens (tertiary/aromatic N) is 3. The molecular weight excluding hydrogens is 1300 g/mol. The van der Waals surface area contributed by atoms with Gasteiger partial charge in [0.15, 0.2) is 5.96 Å². The highest BCUT2D eigenvalue weighted by Gasteiger charge is 2.46. The molecule has 3 saturated heterocycles. The Bertz CT molecular complexity index is 3550. The quantitative estimate of drug-likeness (QED) is 0.0194. The molecule has 0 radical (unpaired) electrons. The summed E-state index contributed by atoms with van der Waals surface area (Å²) in [6.07, 6.45) is -2.15. The highest BCUT2D eigenvalue weighted by atomic mass is 16.7. The van der Waals surface area contributed by atoms with Gasteiger partial charge in [0.25, 0.3) is 0 Å². The summed E-state index contributed by atoms with van der Waals surface area (Å²) in [5.41, 5.74) is 21.9. The Kier molecular flexibility index (Phi) is 29.0. The van der Waals surface area contributed by atoms with Gasteiger partial charge in [0.05, 0.1) is 18.8 Å². The number of carbonyl (C=O) groups excluding carboxylic acids is 12. The summed E-state index contributed by atoms with van der Waals surface area (Å²) in [5, 5.41) is 64.0. The maximum Gasteiger partial charge on any atom is 0.324 e. The van der Waals surface area contributed by atoms with Gasteiger partial charge in [-0.05, 0) is 79.8 Å². The van der Waals surface area contributed by atoms with Gasteiger partial charge in [-0.15, -0.1) is 0 Å². The lowest BCUT2D eigenvalue weighted by atomic mass is 10.0. The van der Waals surface area contributed by atoms with Gasteiger partial charge in [-0.1, -0.05) is 80.4 Å². The first-order chi connectivity index (χ1) is 47.8. The van der Waals surface area contributed by atoms with Crippen molar-refractivity contribution >= 4 is 87.8 Å². The number of para-hydroxylation sites is 1. The second kappa shape index (κ2) is 37.6. The number of aliphatic imine (C=N–C) groups is 1. The number of benzene rings is 3. The van der Waals surface area contributed by atoms with Crippen molar-refractivity contribution in [1.29, 1.82) is 0 Å². The van der Waals surface area contributed by atoms with E-state index in [-0.39, 0.29) is 95.4 Å². The predicted octanol–water partition coefficient (Wildman–Crippen LogP) is -3.54. The van der Waals surface area contributed by atoms with E-state index in [0.29, 0.717) is 29.5 Å². The molecule has 3 fully saturated rings. The van der Waals surface area contributed by atoms with Crippen LogP contribution in [0.1, 0.15) is 108 Å². The molecule has 3 aliphatic heterocycles. The number of guanidine groups is 1. The molecule has 0 bridgehead atoms. The number of aliphatic hydroxyl groups is 3. The van der Waals surface area contributed by atoms with Crippen molar-refractivity contribution in [2.75, 3.05) is 32.8 Å². The Morgan fingerprint density at radius 3 is 2.08 bits per heavy atom. The Balaban J connectivity index is 1.18. The molecule has 2 unspecified atom stereocenters. The number of hydrogen-bond acceptors (Lipinski definition) is 19. The lowest BCUT2D eigenvalue weighted by Gasteiger charge is -2.32. The molecule has 542 valence electrons. The molecule has 4 heterocycles. The van der Waals surface area contributed by atoms with Gasteiger partial charge in [-0.3, -0.25) is 62.5 Å². The predicted molar refractivity (Wildman–Crippen MR) is 360 cm³/mol. The zero-order chi connectivity index (χ0) is 72.6. The van der Waals surface area contributed by atoms with E-state index in [2.05, 4.69) is 58.0 Å². The van der Waals surface area contributed by atoms with Crippen molar-refractivity contribution in [2.45, 2.75) is 183 Å². The van der Waals surface area contributed by atoms with Gasteiger partial charge in [-0.25, -0.2) is 0 Å². The number of nitrogens with one attached hydrogen (secondary N) is 10. The van der Waals surface area contributed by atoms with Gasteiger partial charge < -0.3 is 99.8 Å². The minimum Gasteiger partial charge on any atom is -0.508 e. The minimum absolute atomic E-state index is 0.00369. The first-order valence-electron chi connectivity index (χ1n) is 33.4. The van der Waals surface area contributed by atoms with Crippen LogP contribution in [0.25, 0.3) is 10.9 Å². The lowest BCUT2D eigenvalue weighted by Crippen LogP contribution is -2.60. The number of aliphatic hydroxyl groups excluding tert-OH is 3. The van der Waals surface area contributed by atoms with Crippen molar-refractivity contribution in [3.63, 3.8) is 0 Å². The molecule has 3 aliphatic rings. The van der Waals surface area contributed by atoms with E-state index < -0.39 is 176 Å². The van der Waals surface area contributed by atoms with Crippen molar-refractivity contribution in [3.05, 3.63) is 102 Å². The molecule has 0 saturated carbocycles. The molecule has 12 atom stereocenters. The van der Waals surface area contributed by atoms with Crippen LogP contribution < -0.4 is 65.2 Å². The van der Waals surface area contributed by atoms with Crippen LogP contribution in [0.3, 0.4) is 0 Å². The first kappa shape index (κ1) is 77.1. The van der Waals surface area contributed by atoms with E-state index >= 15 is 4.79 Å². The number of β-amino-alcohol motifs (C(OH)–C–C–N with tert-alkyl or cyclic N) is 1. The van der Waals surface area contributed by atoms with E-state index in [0.717, 1.165) is 27.6 Å². The third-order valence-electron chi connectivity index (χ3n) is 17.4. The number of H-pyrrole nitrogens is 1. The van der Waals surface area contributed by atoms with Crippen LogP contribution in [0.2, 0.25) is 0 Å².